The first-order chi connectivity index (χ1) is 14.4. The van der Waals surface area contributed by atoms with E-state index in [0.717, 1.165) is 12.0 Å². The second kappa shape index (κ2) is 9.48. The number of ether oxygens (including phenoxy) is 3. The third kappa shape index (κ3) is 5.00. The van der Waals surface area contributed by atoms with Crippen LogP contribution >= 0.6 is 0 Å². The van der Waals surface area contributed by atoms with Crippen LogP contribution in [0.1, 0.15) is 45.6 Å². The summed E-state index contributed by atoms with van der Waals surface area (Å²) in [5, 5.41) is 0.365. The van der Waals surface area contributed by atoms with Gasteiger partial charge in [-0.15, -0.1) is 0 Å². The number of rotatable bonds is 8. The lowest BCUT2D eigenvalue weighted by molar-refractivity contribution is -0.150. The summed E-state index contributed by atoms with van der Waals surface area (Å²) in [6.07, 6.45) is 1.87. The first-order valence-electron chi connectivity index (χ1n) is 10.0. The van der Waals surface area contributed by atoms with Crippen LogP contribution in [0.5, 0.6) is 17.2 Å². The van der Waals surface area contributed by atoms with Gasteiger partial charge in [0.2, 0.25) is 11.2 Å². The van der Waals surface area contributed by atoms with E-state index in [1.807, 2.05) is 38.1 Å². The summed E-state index contributed by atoms with van der Waals surface area (Å²) < 4.78 is 22.1. The molecule has 6 heteroatoms. The molecule has 0 radical (unpaired) electrons. The lowest BCUT2D eigenvalue weighted by atomic mass is 10.0. The van der Waals surface area contributed by atoms with Crippen molar-refractivity contribution in [1.29, 1.82) is 0 Å². The Hall–Kier alpha value is -3.28. The van der Waals surface area contributed by atoms with Crippen LogP contribution in [-0.2, 0) is 9.53 Å². The van der Waals surface area contributed by atoms with Gasteiger partial charge in [0.15, 0.2) is 6.61 Å². The fraction of sp³-hybridized carbons (Fsp3) is 0.333. The molecule has 0 aliphatic carbocycles. The minimum Gasteiger partial charge on any atom is -0.482 e. The Morgan fingerprint density at radius 1 is 1.07 bits per heavy atom. The number of esters is 1. The van der Waals surface area contributed by atoms with Crippen molar-refractivity contribution in [2.75, 3.05) is 6.61 Å². The molecule has 1 heterocycles. The van der Waals surface area contributed by atoms with Crippen LogP contribution in [0.25, 0.3) is 11.0 Å². The Balaban J connectivity index is 1.78. The van der Waals surface area contributed by atoms with E-state index in [1.165, 1.54) is 6.26 Å². The quantitative estimate of drug-likeness (QED) is 0.461. The predicted molar refractivity (Wildman–Crippen MR) is 114 cm³/mol. The summed E-state index contributed by atoms with van der Waals surface area (Å²) >= 11 is 0. The molecule has 1 unspecified atom stereocenters. The Bertz CT molecular complexity index is 1080. The molecule has 1 atom stereocenters. The molecule has 3 aromatic rings. The maximum absolute atomic E-state index is 12.8. The van der Waals surface area contributed by atoms with Crippen LogP contribution in [0.15, 0.2) is 57.9 Å². The Kier molecular flexibility index (Phi) is 6.77. The molecule has 30 heavy (non-hydrogen) atoms. The van der Waals surface area contributed by atoms with Crippen LogP contribution < -0.4 is 14.9 Å². The molecule has 0 aliphatic rings. The van der Waals surface area contributed by atoms with Gasteiger partial charge in [0, 0.05) is 6.07 Å². The lowest BCUT2D eigenvalue weighted by Crippen LogP contribution is -2.20. The largest absolute Gasteiger partial charge is 0.482 e. The summed E-state index contributed by atoms with van der Waals surface area (Å²) in [5.41, 5.74) is 1.07. The highest BCUT2D eigenvalue weighted by Gasteiger charge is 2.14. The molecule has 6 nitrogen and oxygen atoms in total. The molecule has 3 rings (SSSR count). The number of hydrogen-bond donors (Lipinski definition) is 0. The zero-order valence-corrected chi connectivity index (χ0v) is 17.6. The molecule has 0 spiro atoms. The van der Waals surface area contributed by atoms with Crippen LogP contribution in [0, 0.1) is 0 Å². The molecule has 1 aromatic heterocycles. The number of fused-ring (bicyclic) bond motifs is 1. The van der Waals surface area contributed by atoms with Crippen molar-refractivity contribution in [3.63, 3.8) is 0 Å². The highest BCUT2D eigenvalue weighted by atomic mass is 16.6. The maximum Gasteiger partial charge on any atom is 0.344 e. The number of para-hydroxylation sites is 1. The Labute approximate surface area is 175 Å². The summed E-state index contributed by atoms with van der Waals surface area (Å²) in [6, 6.07) is 12.4. The molecule has 2 aromatic carbocycles. The van der Waals surface area contributed by atoms with Gasteiger partial charge in [-0.05, 0) is 43.0 Å². The van der Waals surface area contributed by atoms with Crippen LogP contribution in [0.3, 0.4) is 0 Å². The fourth-order valence-electron chi connectivity index (χ4n) is 2.90. The van der Waals surface area contributed by atoms with Gasteiger partial charge >= 0.3 is 5.97 Å². The smallest absolute Gasteiger partial charge is 0.344 e. The average molecular weight is 410 g/mol. The van der Waals surface area contributed by atoms with Crippen molar-refractivity contribution in [2.24, 2.45) is 0 Å². The summed E-state index contributed by atoms with van der Waals surface area (Å²) in [5.74, 6) is 0.949. The minimum absolute atomic E-state index is 0.112. The van der Waals surface area contributed by atoms with Crippen molar-refractivity contribution in [3.8, 4) is 17.2 Å². The van der Waals surface area contributed by atoms with Gasteiger partial charge in [0.25, 0.3) is 0 Å². The van der Waals surface area contributed by atoms with Crippen molar-refractivity contribution in [1.82, 2.24) is 0 Å². The van der Waals surface area contributed by atoms with Crippen molar-refractivity contribution in [3.05, 3.63) is 64.5 Å². The zero-order chi connectivity index (χ0) is 21.7. The first-order valence-corrected chi connectivity index (χ1v) is 10.0. The van der Waals surface area contributed by atoms with E-state index in [1.54, 1.807) is 18.2 Å². The van der Waals surface area contributed by atoms with Gasteiger partial charge in [0.1, 0.15) is 23.3 Å². The van der Waals surface area contributed by atoms with Crippen molar-refractivity contribution < 1.29 is 23.4 Å². The average Bonchev–Trinajstić information content (AvgIpc) is 2.74. The maximum atomic E-state index is 12.8. The molecule has 0 N–H and O–H groups in total. The monoisotopic (exact) mass is 410 g/mol. The Morgan fingerprint density at radius 3 is 2.57 bits per heavy atom. The molecular weight excluding hydrogens is 384 g/mol. The van der Waals surface area contributed by atoms with Gasteiger partial charge in [0.05, 0.1) is 11.5 Å². The second-order valence-electron chi connectivity index (χ2n) is 7.38. The van der Waals surface area contributed by atoms with Crippen LogP contribution in [0.4, 0.5) is 0 Å². The van der Waals surface area contributed by atoms with Gasteiger partial charge in [-0.1, -0.05) is 39.0 Å². The highest BCUT2D eigenvalue weighted by Crippen LogP contribution is 2.30. The standard InChI is InChI=1S/C24H26O6/c1-5-16(4)29-23(25)14-27-17-10-11-19-21(12-17)28-13-22(24(19)26)30-20-9-7-6-8-18(20)15(2)3/h6-13,15-16H,5,14H2,1-4H3. The number of benzene rings is 2. The van der Waals surface area contributed by atoms with Gasteiger partial charge in [-0.2, -0.15) is 0 Å². The highest BCUT2D eigenvalue weighted by molar-refractivity contribution is 5.79. The number of hydrogen-bond acceptors (Lipinski definition) is 6. The lowest BCUT2D eigenvalue weighted by Gasteiger charge is -2.13. The summed E-state index contributed by atoms with van der Waals surface area (Å²) in [4.78, 5) is 24.6. The van der Waals surface area contributed by atoms with E-state index >= 15 is 0 Å². The number of carbonyl (C=O) groups excluding carboxylic acids is 1. The molecule has 0 fully saturated rings. The Morgan fingerprint density at radius 2 is 1.83 bits per heavy atom. The molecule has 0 saturated heterocycles. The molecular formula is C24H26O6. The van der Waals surface area contributed by atoms with Gasteiger partial charge in [-0.3, -0.25) is 4.79 Å². The van der Waals surface area contributed by atoms with Gasteiger partial charge in [-0.25, -0.2) is 4.79 Å². The topological polar surface area (TPSA) is 75.0 Å². The van der Waals surface area contributed by atoms with Gasteiger partial charge < -0.3 is 18.6 Å². The zero-order valence-electron chi connectivity index (χ0n) is 17.6. The van der Waals surface area contributed by atoms with Crippen molar-refractivity contribution >= 4 is 16.9 Å². The first kappa shape index (κ1) is 21.4. The number of carbonyl (C=O) groups is 1. The van der Waals surface area contributed by atoms with Crippen molar-refractivity contribution in [2.45, 2.75) is 46.1 Å². The fourth-order valence-corrected chi connectivity index (χ4v) is 2.90. The molecule has 0 bridgehead atoms. The third-order valence-corrected chi connectivity index (χ3v) is 4.74. The van der Waals surface area contributed by atoms with E-state index in [0.29, 0.717) is 22.5 Å². The predicted octanol–water partition coefficient (Wildman–Crippen LogP) is 5.43. The van der Waals surface area contributed by atoms with Crippen LogP contribution in [-0.4, -0.2) is 18.7 Å². The van der Waals surface area contributed by atoms with E-state index in [2.05, 4.69) is 13.8 Å². The van der Waals surface area contributed by atoms with E-state index in [4.69, 9.17) is 18.6 Å². The summed E-state index contributed by atoms with van der Waals surface area (Å²) in [7, 11) is 0. The van der Waals surface area contributed by atoms with E-state index in [9.17, 15) is 9.59 Å². The summed E-state index contributed by atoms with van der Waals surface area (Å²) in [6.45, 7) is 7.66. The SMILES string of the molecule is CCC(C)OC(=O)COc1ccc2c(=O)c(Oc3ccccc3C(C)C)coc2c1. The minimum atomic E-state index is -0.446. The molecule has 158 valence electrons. The normalized spacial score (nSPS) is 12.0. The molecule has 0 aliphatic heterocycles. The second-order valence-corrected chi connectivity index (χ2v) is 7.38. The van der Waals surface area contributed by atoms with E-state index < -0.39 is 5.97 Å². The third-order valence-electron chi connectivity index (χ3n) is 4.74. The molecule has 0 amide bonds. The molecule has 0 saturated carbocycles. The van der Waals surface area contributed by atoms with E-state index in [-0.39, 0.29) is 29.8 Å². The van der Waals surface area contributed by atoms with Crippen LogP contribution in [0.2, 0.25) is 0 Å².